The molecule has 0 saturated heterocycles. The van der Waals surface area contributed by atoms with Crippen molar-refractivity contribution >= 4 is 38.8 Å². The average Bonchev–Trinajstić information content (AvgIpc) is 3.10. The third-order valence-corrected chi connectivity index (χ3v) is 5.19. The molecule has 0 radical (unpaired) electrons. The Balaban J connectivity index is 1.67. The number of aromatic nitrogens is 2. The van der Waals surface area contributed by atoms with E-state index in [1.807, 2.05) is 37.0 Å². The standard InChI is InChI=1S/C14H15N3OS2/c1-9-12(20-8-15-9)3-5-17(2)14(18)11-7-13-10(16-11)4-6-19-13/h4,6-8,16H,3,5H2,1-2H3. The van der Waals surface area contributed by atoms with Crippen molar-refractivity contribution in [3.8, 4) is 0 Å². The lowest BCUT2D eigenvalue weighted by molar-refractivity contribution is 0.0792. The van der Waals surface area contributed by atoms with E-state index in [-0.39, 0.29) is 5.91 Å². The maximum absolute atomic E-state index is 12.3. The van der Waals surface area contributed by atoms with Crippen LogP contribution in [0, 0.1) is 6.92 Å². The highest BCUT2D eigenvalue weighted by molar-refractivity contribution is 7.17. The molecule has 6 heteroatoms. The van der Waals surface area contributed by atoms with Gasteiger partial charge in [-0.15, -0.1) is 22.7 Å². The van der Waals surface area contributed by atoms with Gasteiger partial charge in [0.15, 0.2) is 0 Å². The van der Waals surface area contributed by atoms with Gasteiger partial charge in [-0.05, 0) is 24.4 Å². The van der Waals surface area contributed by atoms with E-state index in [2.05, 4.69) is 9.97 Å². The lowest BCUT2D eigenvalue weighted by Crippen LogP contribution is -2.29. The third kappa shape index (κ3) is 2.48. The quantitative estimate of drug-likeness (QED) is 0.804. The molecule has 0 saturated carbocycles. The molecule has 0 bridgehead atoms. The van der Waals surface area contributed by atoms with Gasteiger partial charge >= 0.3 is 0 Å². The number of H-pyrrole nitrogens is 1. The van der Waals surface area contributed by atoms with Crippen molar-refractivity contribution in [1.29, 1.82) is 0 Å². The second-order valence-corrected chi connectivity index (χ2v) is 6.61. The molecule has 0 spiro atoms. The van der Waals surface area contributed by atoms with Crippen molar-refractivity contribution < 1.29 is 4.79 Å². The first-order valence-electron chi connectivity index (χ1n) is 6.36. The Hall–Kier alpha value is -1.66. The summed E-state index contributed by atoms with van der Waals surface area (Å²) in [6.45, 7) is 2.71. The number of thiophene rings is 1. The molecule has 3 aromatic heterocycles. The van der Waals surface area contributed by atoms with Gasteiger partial charge in [0.05, 0.1) is 21.4 Å². The molecule has 20 heavy (non-hydrogen) atoms. The number of carbonyl (C=O) groups excluding carboxylic acids is 1. The number of fused-ring (bicyclic) bond motifs is 1. The van der Waals surface area contributed by atoms with Gasteiger partial charge in [-0.1, -0.05) is 0 Å². The van der Waals surface area contributed by atoms with E-state index in [1.165, 1.54) is 4.88 Å². The number of carbonyl (C=O) groups is 1. The highest BCUT2D eigenvalue weighted by Gasteiger charge is 2.15. The van der Waals surface area contributed by atoms with Crippen LogP contribution >= 0.6 is 22.7 Å². The molecule has 4 nitrogen and oxygen atoms in total. The number of aryl methyl sites for hydroxylation is 1. The molecule has 0 aliphatic carbocycles. The molecule has 1 amide bonds. The number of amides is 1. The van der Waals surface area contributed by atoms with Crippen LogP contribution < -0.4 is 0 Å². The van der Waals surface area contributed by atoms with E-state index < -0.39 is 0 Å². The van der Waals surface area contributed by atoms with Gasteiger partial charge in [0.2, 0.25) is 0 Å². The van der Waals surface area contributed by atoms with Crippen LogP contribution in [0.2, 0.25) is 0 Å². The lowest BCUT2D eigenvalue weighted by Gasteiger charge is -2.15. The predicted octanol–water partition coefficient (Wildman–Crippen LogP) is 3.31. The fourth-order valence-electron chi connectivity index (χ4n) is 2.11. The first-order chi connectivity index (χ1) is 9.65. The highest BCUT2D eigenvalue weighted by atomic mass is 32.1. The van der Waals surface area contributed by atoms with Crippen molar-refractivity contribution in [2.75, 3.05) is 13.6 Å². The van der Waals surface area contributed by atoms with E-state index in [0.717, 1.165) is 22.3 Å². The smallest absolute Gasteiger partial charge is 0.270 e. The second kappa shape index (κ2) is 5.38. The number of nitrogens with one attached hydrogen (secondary N) is 1. The molecule has 0 aliphatic heterocycles. The molecular weight excluding hydrogens is 290 g/mol. The first kappa shape index (κ1) is 13.3. The van der Waals surface area contributed by atoms with Crippen LogP contribution in [0.25, 0.3) is 10.2 Å². The number of aromatic amines is 1. The molecule has 3 rings (SSSR count). The summed E-state index contributed by atoms with van der Waals surface area (Å²) < 4.78 is 1.13. The van der Waals surface area contributed by atoms with Crippen molar-refractivity contribution in [3.05, 3.63) is 39.3 Å². The summed E-state index contributed by atoms with van der Waals surface area (Å²) in [6.07, 6.45) is 0.855. The molecule has 3 aromatic rings. The van der Waals surface area contributed by atoms with Gasteiger partial charge in [0.1, 0.15) is 5.69 Å². The molecule has 0 unspecified atom stereocenters. The van der Waals surface area contributed by atoms with Gasteiger partial charge in [-0.25, -0.2) is 4.98 Å². The summed E-state index contributed by atoms with van der Waals surface area (Å²) in [7, 11) is 1.84. The van der Waals surface area contributed by atoms with Crippen LogP contribution in [0.5, 0.6) is 0 Å². The molecule has 0 aliphatic rings. The Morgan fingerprint density at radius 2 is 2.30 bits per heavy atom. The van der Waals surface area contributed by atoms with Crippen LogP contribution in [0.4, 0.5) is 0 Å². The van der Waals surface area contributed by atoms with E-state index >= 15 is 0 Å². The Labute approximate surface area is 125 Å². The van der Waals surface area contributed by atoms with Crippen molar-refractivity contribution in [2.24, 2.45) is 0 Å². The van der Waals surface area contributed by atoms with Crippen LogP contribution in [-0.4, -0.2) is 34.4 Å². The van der Waals surface area contributed by atoms with Gasteiger partial charge < -0.3 is 9.88 Å². The maximum atomic E-state index is 12.3. The summed E-state index contributed by atoms with van der Waals surface area (Å²) in [5, 5.41) is 2.02. The molecular formula is C14H15N3OS2. The van der Waals surface area contributed by atoms with E-state index in [1.54, 1.807) is 27.6 Å². The largest absolute Gasteiger partial charge is 0.350 e. The highest BCUT2D eigenvalue weighted by Crippen LogP contribution is 2.22. The van der Waals surface area contributed by atoms with Gasteiger partial charge in [-0.3, -0.25) is 4.79 Å². The summed E-state index contributed by atoms with van der Waals surface area (Å²) >= 11 is 3.29. The van der Waals surface area contributed by atoms with Gasteiger partial charge in [-0.2, -0.15) is 0 Å². The summed E-state index contributed by atoms with van der Waals surface area (Å²) in [6, 6.07) is 3.92. The Morgan fingerprint density at radius 1 is 1.45 bits per heavy atom. The van der Waals surface area contributed by atoms with Crippen molar-refractivity contribution in [1.82, 2.24) is 14.9 Å². The summed E-state index contributed by atoms with van der Waals surface area (Å²) in [5.41, 5.74) is 4.61. The lowest BCUT2D eigenvalue weighted by atomic mass is 10.3. The van der Waals surface area contributed by atoms with Gasteiger partial charge in [0.25, 0.3) is 5.91 Å². The molecule has 1 N–H and O–H groups in total. The van der Waals surface area contributed by atoms with Crippen molar-refractivity contribution in [3.63, 3.8) is 0 Å². The number of thiazole rings is 1. The minimum Gasteiger partial charge on any atom is -0.350 e. The Kier molecular flexibility index (Phi) is 3.58. The summed E-state index contributed by atoms with van der Waals surface area (Å²) in [4.78, 5) is 22.7. The minimum absolute atomic E-state index is 0.0376. The maximum Gasteiger partial charge on any atom is 0.270 e. The zero-order valence-corrected chi connectivity index (χ0v) is 13.0. The fraction of sp³-hybridized carbons (Fsp3) is 0.286. The predicted molar refractivity (Wildman–Crippen MR) is 83.7 cm³/mol. The van der Waals surface area contributed by atoms with Crippen LogP contribution in [0.3, 0.4) is 0 Å². The van der Waals surface area contributed by atoms with E-state index in [4.69, 9.17) is 0 Å². The minimum atomic E-state index is 0.0376. The number of nitrogens with zero attached hydrogens (tertiary/aromatic N) is 2. The van der Waals surface area contributed by atoms with E-state index in [9.17, 15) is 4.79 Å². The zero-order valence-electron chi connectivity index (χ0n) is 11.3. The fourth-order valence-corrected chi connectivity index (χ4v) is 3.66. The number of likely N-dealkylation sites (N-methyl/N-ethyl adjacent to an activating group) is 1. The monoisotopic (exact) mass is 305 g/mol. The number of hydrogen-bond acceptors (Lipinski definition) is 4. The first-order valence-corrected chi connectivity index (χ1v) is 8.11. The normalized spacial score (nSPS) is 11.1. The SMILES string of the molecule is Cc1ncsc1CCN(C)C(=O)c1cc2sccc2[nH]1. The average molecular weight is 305 g/mol. The van der Waals surface area contributed by atoms with Crippen LogP contribution in [0.15, 0.2) is 23.0 Å². The Bertz CT molecular complexity index is 712. The molecule has 104 valence electrons. The van der Waals surface area contributed by atoms with E-state index in [0.29, 0.717) is 12.2 Å². The molecule has 0 fully saturated rings. The molecule has 0 atom stereocenters. The Morgan fingerprint density at radius 3 is 3.00 bits per heavy atom. The van der Waals surface area contributed by atoms with Crippen molar-refractivity contribution in [2.45, 2.75) is 13.3 Å². The zero-order chi connectivity index (χ0) is 14.1. The number of hydrogen-bond donors (Lipinski definition) is 1. The van der Waals surface area contributed by atoms with Gasteiger partial charge in [0, 0.05) is 24.9 Å². The summed E-state index contributed by atoms with van der Waals surface area (Å²) in [5.74, 6) is 0.0376. The van der Waals surface area contributed by atoms with Crippen LogP contribution in [-0.2, 0) is 6.42 Å². The second-order valence-electron chi connectivity index (χ2n) is 4.72. The van der Waals surface area contributed by atoms with Crippen LogP contribution in [0.1, 0.15) is 21.1 Å². The number of rotatable bonds is 4. The molecule has 3 heterocycles. The molecule has 0 aromatic carbocycles. The third-order valence-electron chi connectivity index (χ3n) is 3.34. The topological polar surface area (TPSA) is 49.0 Å².